The van der Waals surface area contributed by atoms with E-state index in [-0.39, 0.29) is 12.7 Å². The summed E-state index contributed by atoms with van der Waals surface area (Å²) in [5.41, 5.74) is 1.17. The Bertz CT molecular complexity index is 582. The first-order valence-electron chi connectivity index (χ1n) is 10.7. The van der Waals surface area contributed by atoms with Crippen LogP contribution in [0.25, 0.3) is 0 Å². The van der Waals surface area contributed by atoms with E-state index in [0.29, 0.717) is 18.0 Å². The molecule has 0 bridgehead atoms. The van der Waals surface area contributed by atoms with Crippen LogP contribution in [-0.4, -0.2) is 78.7 Å². The fraction of sp³-hybridized carbons (Fsp3) is 0.727. The molecule has 1 aromatic carbocycles. The molecule has 2 heterocycles. The van der Waals surface area contributed by atoms with Gasteiger partial charge < -0.3 is 24.6 Å². The molecule has 3 rings (SSSR count). The van der Waals surface area contributed by atoms with Crippen molar-refractivity contribution in [2.24, 2.45) is 0 Å². The highest BCUT2D eigenvalue weighted by atomic mass is 16.5. The summed E-state index contributed by atoms with van der Waals surface area (Å²) in [7, 11) is 1.65. The van der Waals surface area contributed by atoms with E-state index in [9.17, 15) is 10.2 Å². The first kappa shape index (κ1) is 21.4. The van der Waals surface area contributed by atoms with Crippen molar-refractivity contribution in [1.29, 1.82) is 0 Å². The number of nitrogens with zero attached hydrogens (tertiary/aromatic N) is 2. The third kappa shape index (κ3) is 6.62. The van der Waals surface area contributed by atoms with Gasteiger partial charge in [0.1, 0.15) is 12.7 Å². The fourth-order valence-electron chi connectivity index (χ4n) is 4.12. The van der Waals surface area contributed by atoms with E-state index >= 15 is 0 Å². The van der Waals surface area contributed by atoms with Gasteiger partial charge in [0.25, 0.3) is 0 Å². The van der Waals surface area contributed by atoms with Crippen molar-refractivity contribution in [3.05, 3.63) is 23.8 Å². The van der Waals surface area contributed by atoms with Crippen molar-refractivity contribution >= 4 is 0 Å². The molecule has 0 unspecified atom stereocenters. The Balaban J connectivity index is 1.49. The van der Waals surface area contributed by atoms with Crippen molar-refractivity contribution in [3.8, 4) is 11.5 Å². The minimum Gasteiger partial charge on any atom is -0.493 e. The number of ether oxygens (including phenoxy) is 2. The average molecular weight is 393 g/mol. The molecule has 0 amide bonds. The van der Waals surface area contributed by atoms with Crippen molar-refractivity contribution < 1.29 is 19.7 Å². The number of aliphatic hydroxyl groups is 2. The van der Waals surface area contributed by atoms with Crippen molar-refractivity contribution in [2.75, 3.05) is 46.4 Å². The number of likely N-dealkylation sites (tertiary alicyclic amines) is 2. The van der Waals surface area contributed by atoms with Gasteiger partial charge in [0.15, 0.2) is 11.5 Å². The Morgan fingerprint density at radius 2 is 1.71 bits per heavy atom. The van der Waals surface area contributed by atoms with Crippen LogP contribution in [0.5, 0.6) is 11.5 Å². The summed E-state index contributed by atoms with van der Waals surface area (Å²) in [6.45, 7) is 5.78. The van der Waals surface area contributed by atoms with Crippen molar-refractivity contribution in [2.45, 2.75) is 57.3 Å². The van der Waals surface area contributed by atoms with Crippen LogP contribution in [0, 0.1) is 0 Å². The predicted molar refractivity (Wildman–Crippen MR) is 110 cm³/mol. The molecule has 1 atom stereocenters. The van der Waals surface area contributed by atoms with E-state index in [1.165, 1.54) is 31.2 Å². The number of rotatable bonds is 8. The standard InChI is InChI=1S/C22H36N2O4/c1-27-22-14-18(15-24-12-8-19(25)9-13-24)6-7-21(22)28-17-20(26)16-23-10-4-2-3-5-11-23/h6-7,14,19-20,25-26H,2-5,8-13,15-17H2,1H3/t20-/m1/s1. The summed E-state index contributed by atoms with van der Waals surface area (Å²) in [6.07, 6.45) is 6.07. The zero-order valence-electron chi connectivity index (χ0n) is 17.2. The Labute approximate surface area is 169 Å². The maximum atomic E-state index is 10.4. The minimum absolute atomic E-state index is 0.151. The Kier molecular flexibility index (Phi) is 8.40. The van der Waals surface area contributed by atoms with E-state index in [1.54, 1.807) is 7.11 Å². The maximum absolute atomic E-state index is 10.4. The van der Waals surface area contributed by atoms with Gasteiger partial charge in [-0.15, -0.1) is 0 Å². The van der Waals surface area contributed by atoms with Crippen LogP contribution in [0.4, 0.5) is 0 Å². The predicted octanol–water partition coefficient (Wildman–Crippen LogP) is 2.27. The first-order valence-corrected chi connectivity index (χ1v) is 10.7. The van der Waals surface area contributed by atoms with E-state index in [1.807, 2.05) is 12.1 Å². The van der Waals surface area contributed by atoms with Gasteiger partial charge in [-0.2, -0.15) is 0 Å². The van der Waals surface area contributed by atoms with Gasteiger partial charge in [-0.3, -0.25) is 4.90 Å². The van der Waals surface area contributed by atoms with E-state index < -0.39 is 6.10 Å². The third-order valence-electron chi connectivity index (χ3n) is 5.79. The number of β-amino-alcohol motifs (C(OH)–C–C–N with tert-alkyl or cyclic N) is 1. The number of hydrogen-bond donors (Lipinski definition) is 2. The Morgan fingerprint density at radius 3 is 2.39 bits per heavy atom. The third-order valence-corrected chi connectivity index (χ3v) is 5.79. The minimum atomic E-state index is -0.498. The highest BCUT2D eigenvalue weighted by Crippen LogP contribution is 2.29. The van der Waals surface area contributed by atoms with E-state index in [0.717, 1.165) is 45.6 Å². The summed E-state index contributed by atoms with van der Waals surface area (Å²) in [5, 5.41) is 20.0. The summed E-state index contributed by atoms with van der Waals surface area (Å²) in [4.78, 5) is 4.70. The molecule has 1 aromatic rings. The second-order valence-corrected chi connectivity index (χ2v) is 8.17. The van der Waals surface area contributed by atoms with Gasteiger partial charge >= 0.3 is 0 Å². The van der Waals surface area contributed by atoms with Crippen LogP contribution in [-0.2, 0) is 6.54 Å². The van der Waals surface area contributed by atoms with Crippen LogP contribution >= 0.6 is 0 Å². The number of hydrogen-bond acceptors (Lipinski definition) is 6. The number of methoxy groups -OCH3 is 1. The molecule has 6 heteroatoms. The molecule has 6 nitrogen and oxygen atoms in total. The molecule has 2 fully saturated rings. The van der Waals surface area contributed by atoms with E-state index in [4.69, 9.17) is 9.47 Å². The molecular weight excluding hydrogens is 356 g/mol. The fourth-order valence-corrected chi connectivity index (χ4v) is 4.12. The molecule has 2 saturated heterocycles. The molecule has 0 saturated carbocycles. The molecule has 158 valence electrons. The lowest BCUT2D eigenvalue weighted by Crippen LogP contribution is -2.36. The Morgan fingerprint density at radius 1 is 1.00 bits per heavy atom. The summed E-state index contributed by atoms with van der Waals surface area (Å²) in [5.74, 6) is 1.38. The molecular formula is C22H36N2O4. The number of aliphatic hydroxyl groups excluding tert-OH is 2. The summed E-state index contributed by atoms with van der Waals surface area (Å²) in [6, 6.07) is 6.01. The quantitative estimate of drug-likeness (QED) is 0.708. The van der Waals surface area contributed by atoms with Gasteiger partial charge in [0, 0.05) is 26.2 Å². The highest BCUT2D eigenvalue weighted by Gasteiger charge is 2.18. The van der Waals surface area contributed by atoms with Crippen LogP contribution in [0.3, 0.4) is 0 Å². The van der Waals surface area contributed by atoms with Gasteiger partial charge in [-0.05, 0) is 56.5 Å². The number of benzene rings is 1. The zero-order chi connectivity index (χ0) is 19.8. The van der Waals surface area contributed by atoms with Gasteiger partial charge in [-0.1, -0.05) is 18.9 Å². The molecule has 0 spiro atoms. The smallest absolute Gasteiger partial charge is 0.161 e. The SMILES string of the molecule is COc1cc(CN2CCC(O)CC2)ccc1OC[C@H](O)CN1CCCCCC1. The zero-order valence-corrected chi connectivity index (χ0v) is 17.2. The monoisotopic (exact) mass is 392 g/mol. The van der Waals surface area contributed by atoms with Gasteiger partial charge in [-0.25, -0.2) is 0 Å². The summed E-state index contributed by atoms with van der Waals surface area (Å²) < 4.78 is 11.4. The van der Waals surface area contributed by atoms with Gasteiger partial charge in [0.2, 0.25) is 0 Å². The molecule has 28 heavy (non-hydrogen) atoms. The van der Waals surface area contributed by atoms with Crippen LogP contribution in [0.15, 0.2) is 18.2 Å². The summed E-state index contributed by atoms with van der Waals surface area (Å²) >= 11 is 0. The lowest BCUT2D eigenvalue weighted by molar-refractivity contribution is 0.0682. The molecule has 0 aromatic heterocycles. The molecule has 2 aliphatic rings. The maximum Gasteiger partial charge on any atom is 0.161 e. The van der Waals surface area contributed by atoms with Crippen LogP contribution in [0.1, 0.15) is 44.1 Å². The largest absolute Gasteiger partial charge is 0.493 e. The molecule has 0 radical (unpaired) electrons. The first-order chi connectivity index (χ1) is 13.6. The average Bonchev–Trinajstić information content (AvgIpc) is 2.97. The van der Waals surface area contributed by atoms with Crippen molar-refractivity contribution in [1.82, 2.24) is 9.80 Å². The lowest BCUT2D eigenvalue weighted by atomic mass is 10.1. The second-order valence-electron chi connectivity index (χ2n) is 8.17. The molecule has 2 N–H and O–H groups in total. The lowest BCUT2D eigenvalue weighted by Gasteiger charge is -2.29. The Hall–Kier alpha value is -1.34. The van der Waals surface area contributed by atoms with E-state index in [2.05, 4.69) is 15.9 Å². The topological polar surface area (TPSA) is 65.4 Å². The van der Waals surface area contributed by atoms with Crippen LogP contribution in [0.2, 0.25) is 0 Å². The molecule has 2 aliphatic heterocycles. The second kappa shape index (κ2) is 11.0. The molecule has 0 aliphatic carbocycles. The van der Waals surface area contributed by atoms with Crippen molar-refractivity contribution in [3.63, 3.8) is 0 Å². The van der Waals surface area contributed by atoms with Gasteiger partial charge in [0.05, 0.1) is 13.2 Å². The normalized spacial score (nSPS) is 21.2. The van der Waals surface area contributed by atoms with Crippen LogP contribution < -0.4 is 9.47 Å². The highest BCUT2D eigenvalue weighted by molar-refractivity contribution is 5.43. The number of piperidine rings is 1.